The lowest BCUT2D eigenvalue weighted by molar-refractivity contribution is -0.809. The Kier molecular flexibility index (Phi) is 5.84. The van der Waals surface area contributed by atoms with E-state index in [4.69, 9.17) is 5.11 Å². The molecule has 0 aromatic heterocycles. The first-order valence-corrected chi connectivity index (χ1v) is 7.40. The van der Waals surface area contributed by atoms with Gasteiger partial charge in [0.15, 0.2) is 13.1 Å². The number of carboxylic acid groups (broad SMARTS) is 1. The van der Waals surface area contributed by atoms with Crippen molar-refractivity contribution >= 4 is 29.5 Å². The van der Waals surface area contributed by atoms with Gasteiger partial charge in [0, 0.05) is 12.7 Å². The van der Waals surface area contributed by atoms with E-state index in [0.717, 1.165) is 23.6 Å². The van der Waals surface area contributed by atoms with Crippen LogP contribution in [0.5, 0.6) is 0 Å². The van der Waals surface area contributed by atoms with Crippen molar-refractivity contribution in [3.8, 4) is 0 Å². The van der Waals surface area contributed by atoms with E-state index < -0.39 is 52.4 Å². The number of hydrogen-bond donors (Lipinski definition) is 2. The van der Waals surface area contributed by atoms with E-state index in [2.05, 4.69) is 5.32 Å². The normalized spacial score (nSPS) is 16.8. The second-order valence-electron chi connectivity index (χ2n) is 4.85. The van der Waals surface area contributed by atoms with E-state index in [1.165, 1.54) is 0 Å². The average molecular weight is 350 g/mol. The van der Waals surface area contributed by atoms with Gasteiger partial charge >= 0.3 is 11.6 Å². The molecule has 0 spiro atoms. The predicted octanol–water partition coefficient (Wildman–Crippen LogP) is -1.60. The molecule has 0 bridgehead atoms. The molecule has 2 amide bonds. The number of nitro groups is 2. The molecule has 1 fully saturated rings. The largest absolute Gasteiger partial charge is 0.492 e. The van der Waals surface area contributed by atoms with Gasteiger partial charge in [0.1, 0.15) is 15.9 Å². The number of carbonyl (C=O) groups is 3. The summed E-state index contributed by atoms with van der Waals surface area (Å²) in [5.74, 6) is -2.64. The van der Waals surface area contributed by atoms with Crippen molar-refractivity contribution in [3.63, 3.8) is 0 Å². The maximum absolute atomic E-state index is 11.8. The van der Waals surface area contributed by atoms with Crippen molar-refractivity contribution < 1.29 is 29.3 Å². The molecule has 0 aliphatic carbocycles. The number of aliphatic carboxylic acids is 1. The van der Waals surface area contributed by atoms with Crippen LogP contribution in [0.4, 0.5) is 0 Å². The van der Waals surface area contributed by atoms with Gasteiger partial charge in [-0.15, -0.1) is 11.8 Å². The van der Waals surface area contributed by atoms with Crippen molar-refractivity contribution in [1.82, 2.24) is 10.2 Å². The van der Waals surface area contributed by atoms with Crippen LogP contribution >= 0.6 is 11.8 Å². The third kappa shape index (κ3) is 4.28. The standard InChI is InChI=1S/C10H14N4O8S/c1-6(15)11-7(9(17)18)2-23-3-8(16)12-4-10(5-12,13(19)20)14(21)22/h7H,2-5H2,1H3,(H,11,15)(H,17,18)/t7-/m0/s1. The SMILES string of the molecule is CC(=O)N[C@@H](CSCC(=O)N1CC([N+](=O)[O-])([N+](=O)[O-])C1)C(=O)O. The van der Waals surface area contributed by atoms with E-state index >= 15 is 0 Å². The summed E-state index contributed by atoms with van der Waals surface area (Å²) >= 11 is 0.908. The molecule has 1 atom stereocenters. The summed E-state index contributed by atoms with van der Waals surface area (Å²) in [6.07, 6.45) is 0. The minimum Gasteiger partial charge on any atom is -0.480 e. The van der Waals surface area contributed by atoms with Crippen LogP contribution in [0, 0.1) is 20.2 Å². The highest BCUT2D eigenvalue weighted by Gasteiger charge is 2.67. The van der Waals surface area contributed by atoms with Crippen LogP contribution in [-0.2, 0) is 14.4 Å². The first-order chi connectivity index (χ1) is 10.6. The Morgan fingerprint density at radius 3 is 2.22 bits per heavy atom. The van der Waals surface area contributed by atoms with Crippen molar-refractivity contribution in [2.45, 2.75) is 18.6 Å². The molecule has 13 heteroatoms. The molecule has 1 saturated heterocycles. The molecule has 23 heavy (non-hydrogen) atoms. The van der Waals surface area contributed by atoms with Gasteiger partial charge in [-0.1, -0.05) is 0 Å². The van der Waals surface area contributed by atoms with Crippen molar-refractivity contribution in [1.29, 1.82) is 0 Å². The molecule has 12 nitrogen and oxygen atoms in total. The topological polar surface area (TPSA) is 173 Å². The smallest absolute Gasteiger partial charge is 0.480 e. The fraction of sp³-hybridized carbons (Fsp3) is 0.700. The number of nitrogens with zero attached hydrogens (tertiary/aromatic N) is 3. The first kappa shape index (κ1) is 18.6. The summed E-state index contributed by atoms with van der Waals surface area (Å²) in [6, 6.07) is -1.17. The summed E-state index contributed by atoms with van der Waals surface area (Å²) in [5, 5.41) is 32.5. The molecule has 1 rings (SSSR count). The molecule has 0 radical (unpaired) electrons. The highest BCUT2D eigenvalue weighted by atomic mass is 32.2. The molecule has 2 N–H and O–H groups in total. The maximum Gasteiger partial charge on any atom is 0.492 e. The minimum absolute atomic E-state index is 0.0793. The van der Waals surface area contributed by atoms with Crippen LogP contribution in [0.15, 0.2) is 0 Å². The number of carbonyl (C=O) groups excluding carboxylic acids is 2. The maximum atomic E-state index is 11.8. The number of thioether (sulfide) groups is 1. The van der Waals surface area contributed by atoms with E-state index in [1.54, 1.807) is 0 Å². The molecule has 0 aromatic carbocycles. The average Bonchev–Trinajstić information content (AvgIpc) is 2.34. The summed E-state index contributed by atoms with van der Waals surface area (Å²) in [7, 11) is 0. The van der Waals surface area contributed by atoms with Crippen LogP contribution in [0.2, 0.25) is 0 Å². The number of hydrogen-bond acceptors (Lipinski definition) is 8. The molecule has 1 aliphatic rings. The fourth-order valence-corrected chi connectivity index (χ4v) is 2.75. The summed E-state index contributed by atoms with van der Waals surface area (Å²) in [5.41, 5.74) is -2.36. The second-order valence-corrected chi connectivity index (χ2v) is 5.88. The number of amides is 2. The monoisotopic (exact) mass is 350 g/mol. The third-order valence-corrected chi connectivity index (χ3v) is 4.13. The zero-order valence-corrected chi connectivity index (χ0v) is 12.8. The zero-order valence-electron chi connectivity index (χ0n) is 12.0. The quantitative estimate of drug-likeness (QED) is 0.297. The van der Waals surface area contributed by atoms with E-state index in [-0.39, 0.29) is 11.5 Å². The molecular weight excluding hydrogens is 336 g/mol. The molecule has 1 aliphatic heterocycles. The Balaban J connectivity index is 2.44. The predicted molar refractivity (Wildman–Crippen MR) is 75.9 cm³/mol. The molecule has 1 heterocycles. The van der Waals surface area contributed by atoms with Gasteiger partial charge < -0.3 is 15.3 Å². The summed E-state index contributed by atoms with van der Waals surface area (Å²) in [6.45, 7) is -0.0957. The highest BCUT2D eigenvalue weighted by Crippen LogP contribution is 2.25. The van der Waals surface area contributed by atoms with Crippen LogP contribution in [-0.4, -0.2) is 73.9 Å². The molecular formula is C10H14N4O8S. The van der Waals surface area contributed by atoms with E-state index in [9.17, 15) is 34.6 Å². The minimum atomic E-state index is -2.36. The van der Waals surface area contributed by atoms with Gasteiger partial charge in [-0.25, -0.2) is 4.79 Å². The Morgan fingerprint density at radius 1 is 1.30 bits per heavy atom. The van der Waals surface area contributed by atoms with Gasteiger partial charge in [-0.2, -0.15) is 0 Å². The van der Waals surface area contributed by atoms with Crippen LogP contribution in [0.25, 0.3) is 0 Å². The van der Waals surface area contributed by atoms with Gasteiger partial charge in [0.05, 0.1) is 5.75 Å². The van der Waals surface area contributed by atoms with Crippen LogP contribution in [0.3, 0.4) is 0 Å². The Bertz CT molecular complexity index is 531. The zero-order chi connectivity index (χ0) is 17.8. The Morgan fingerprint density at radius 2 is 1.83 bits per heavy atom. The summed E-state index contributed by atoms with van der Waals surface area (Å²) < 4.78 is 0. The molecule has 128 valence electrons. The number of rotatable bonds is 8. The molecule has 0 aromatic rings. The van der Waals surface area contributed by atoms with Crippen LogP contribution < -0.4 is 5.32 Å². The number of likely N-dealkylation sites (tertiary alicyclic amines) is 1. The van der Waals surface area contributed by atoms with E-state index in [0.29, 0.717) is 0 Å². The fourth-order valence-electron chi connectivity index (χ4n) is 1.81. The van der Waals surface area contributed by atoms with Gasteiger partial charge in [-0.05, 0) is 0 Å². The van der Waals surface area contributed by atoms with Crippen molar-refractivity contribution in [2.75, 3.05) is 24.6 Å². The Labute approximate surface area is 133 Å². The lowest BCUT2D eigenvalue weighted by atomic mass is 10.0. The van der Waals surface area contributed by atoms with Gasteiger partial charge in [-0.3, -0.25) is 29.8 Å². The van der Waals surface area contributed by atoms with Crippen molar-refractivity contribution in [3.05, 3.63) is 20.2 Å². The van der Waals surface area contributed by atoms with Crippen LogP contribution in [0.1, 0.15) is 6.92 Å². The third-order valence-electron chi connectivity index (χ3n) is 3.11. The first-order valence-electron chi connectivity index (χ1n) is 6.24. The second kappa shape index (κ2) is 7.21. The van der Waals surface area contributed by atoms with Gasteiger partial charge in [0.25, 0.3) is 0 Å². The molecule has 0 saturated carbocycles. The number of nitrogens with one attached hydrogen (secondary N) is 1. The summed E-state index contributed by atoms with van der Waals surface area (Å²) in [4.78, 5) is 53.8. The lowest BCUT2D eigenvalue weighted by Gasteiger charge is -2.35. The van der Waals surface area contributed by atoms with Crippen molar-refractivity contribution in [2.24, 2.45) is 0 Å². The van der Waals surface area contributed by atoms with Gasteiger partial charge in [0.2, 0.25) is 11.8 Å². The lowest BCUT2D eigenvalue weighted by Crippen LogP contribution is -2.71. The number of carboxylic acids is 1. The Hall–Kier alpha value is -2.44. The van der Waals surface area contributed by atoms with E-state index in [1.807, 2.05) is 0 Å². The molecule has 0 unspecified atom stereocenters. The highest BCUT2D eigenvalue weighted by molar-refractivity contribution is 8.00.